The first-order chi connectivity index (χ1) is 15.1. The molecule has 1 saturated heterocycles. The molecule has 1 fully saturated rings. The first-order valence-electron chi connectivity index (χ1n) is 10.1. The van der Waals surface area contributed by atoms with Gasteiger partial charge in [0.05, 0.1) is 5.39 Å². The van der Waals surface area contributed by atoms with Crippen LogP contribution in [-0.2, 0) is 6.54 Å². The number of benzene rings is 3. The van der Waals surface area contributed by atoms with Crippen molar-refractivity contribution in [2.24, 2.45) is 0 Å². The van der Waals surface area contributed by atoms with Crippen LogP contribution in [-0.4, -0.2) is 16.6 Å². The molecule has 0 amide bonds. The van der Waals surface area contributed by atoms with Gasteiger partial charge in [-0.1, -0.05) is 35.9 Å². The van der Waals surface area contributed by atoms with E-state index in [4.69, 9.17) is 20.9 Å². The van der Waals surface area contributed by atoms with E-state index < -0.39 is 11.4 Å². The van der Waals surface area contributed by atoms with Gasteiger partial charge in [-0.25, -0.2) is 0 Å². The highest BCUT2D eigenvalue weighted by Gasteiger charge is 2.26. The lowest BCUT2D eigenvalue weighted by Gasteiger charge is -2.25. The fraction of sp³-hybridized carbons (Fsp3) is 0.208. The average molecular weight is 439 g/mol. The minimum atomic E-state index is -0.707. The maximum atomic E-state index is 14.6. The summed E-state index contributed by atoms with van der Waals surface area (Å²) in [6.45, 7) is 1.84. The molecule has 1 unspecified atom stereocenters. The van der Waals surface area contributed by atoms with Gasteiger partial charge in [0.25, 0.3) is 5.56 Å². The lowest BCUT2D eigenvalue weighted by atomic mass is 10.0. The third-order valence-electron chi connectivity index (χ3n) is 5.69. The number of nitrogens with one attached hydrogen (secondary N) is 1. The molecule has 0 aliphatic carbocycles. The first-order valence-corrected chi connectivity index (χ1v) is 10.5. The van der Waals surface area contributed by atoms with Crippen LogP contribution in [0.2, 0.25) is 5.02 Å². The maximum Gasteiger partial charge on any atom is 0.287 e. The molecule has 3 aromatic carbocycles. The van der Waals surface area contributed by atoms with Crippen LogP contribution in [0.15, 0.2) is 70.0 Å². The van der Waals surface area contributed by atoms with E-state index in [1.807, 2.05) is 42.5 Å². The number of nitrogens with zero attached hydrogens (tertiary/aromatic N) is 1. The normalized spacial score (nSPS) is 16.8. The topological polar surface area (TPSA) is 58.5 Å². The van der Waals surface area contributed by atoms with E-state index in [2.05, 4.69) is 16.1 Å². The summed E-state index contributed by atoms with van der Waals surface area (Å²) < 4.78 is 25.1. The highest BCUT2D eigenvalue weighted by molar-refractivity contribution is 6.30. The SMILES string of the molecule is O=c1[nH]oc2c(F)c(Oc3ccc(CN4CCCC4c4cccc(Cl)c4)cc3)ccc12. The number of aromatic nitrogens is 1. The Morgan fingerprint density at radius 2 is 2.00 bits per heavy atom. The lowest BCUT2D eigenvalue weighted by Crippen LogP contribution is -2.22. The van der Waals surface area contributed by atoms with Gasteiger partial charge in [-0.15, -0.1) is 0 Å². The number of aromatic amines is 1. The third-order valence-corrected chi connectivity index (χ3v) is 5.92. The van der Waals surface area contributed by atoms with E-state index in [0.717, 1.165) is 36.5 Å². The van der Waals surface area contributed by atoms with Crippen molar-refractivity contribution >= 4 is 22.6 Å². The van der Waals surface area contributed by atoms with Crippen molar-refractivity contribution in [1.82, 2.24) is 10.1 Å². The number of fused-ring (bicyclic) bond motifs is 1. The second-order valence-corrected chi connectivity index (χ2v) is 8.15. The van der Waals surface area contributed by atoms with E-state index >= 15 is 0 Å². The first kappa shape index (κ1) is 19.8. The van der Waals surface area contributed by atoms with Crippen LogP contribution in [0.5, 0.6) is 11.5 Å². The number of ether oxygens (including phenoxy) is 1. The van der Waals surface area contributed by atoms with E-state index in [9.17, 15) is 9.18 Å². The number of hydrogen-bond acceptors (Lipinski definition) is 4. The number of halogens is 2. The molecule has 1 aromatic heterocycles. The van der Waals surface area contributed by atoms with Crippen molar-refractivity contribution in [3.63, 3.8) is 0 Å². The van der Waals surface area contributed by atoms with Crippen molar-refractivity contribution in [3.8, 4) is 11.5 Å². The number of rotatable bonds is 5. The monoisotopic (exact) mass is 438 g/mol. The summed E-state index contributed by atoms with van der Waals surface area (Å²) >= 11 is 6.18. The predicted octanol–water partition coefficient (Wildman–Crippen LogP) is 6.04. The minimum absolute atomic E-state index is 0.00330. The van der Waals surface area contributed by atoms with E-state index in [1.165, 1.54) is 17.7 Å². The molecule has 7 heteroatoms. The average Bonchev–Trinajstić information content (AvgIpc) is 3.38. The molecule has 1 atom stereocenters. The summed E-state index contributed by atoms with van der Waals surface area (Å²) in [6.07, 6.45) is 2.26. The van der Waals surface area contributed by atoms with Crippen LogP contribution in [0.1, 0.15) is 30.0 Å². The van der Waals surface area contributed by atoms with Gasteiger partial charge in [0.2, 0.25) is 11.4 Å². The van der Waals surface area contributed by atoms with Crippen LogP contribution in [0.3, 0.4) is 0 Å². The molecule has 4 aromatic rings. The Balaban J connectivity index is 1.30. The summed E-state index contributed by atoms with van der Waals surface area (Å²) in [5.74, 6) is -0.197. The van der Waals surface area contributed by atoms with Crippen molar-refractivity contribution in [2.75, 3.05) is 6.54 Å². The van der Waals surface area contributed by atoms with Crippen LogP contribution in [0.25, 0.3) is 11.0 Å². The van der Waals surface area contributed by atoms with Crippen LogP contribution >= 0.6 is 11.6 Å². The van der Waals surface area contributed by atoms with Gasteiger partial charge in [0, 0.05) is 17.6 Å². The summed E-state index contributed by atoms with van der Waals surface area (Å²) in [4.78, 5) is 14.0. The Bertz CT molecular complexity index is 1280. The van der Waals surface area contributed by atoms with Crippen molar-refractivity contribution in [1.29, 1.82) is 0 Å². The Morgan fingerprint density at radius 3 is 2.81 bits per heavy atom. The van der Waals surface area contributed by atoms with Crippen LogP contribution in [0, 0.1) is 5.82 Å². The number of hydrogen-bond donors (Lipinski definition) is 1. The van der Waals surface area contributed by atoms with E-state index in [-0.39, 0.29) is 16.7 Å². The summed E-state index contributed by atoms with van der Waals surface area (Å²) in [5.41, 5.74) is 1.78. The number of likely N-dealkylation sites (tertiary alicyclic amines) is 1. The molecule has 0 spiro atoms. The standard InChI is InChI=1S/C24H20ClFN2O3/c25-17-4-1-3-16(13-17)20-5-2-12-28(20)14-15-6-8-18(9-7-15)30-21-11-10-19-23(22(21)26)31-27-24(19)29/h1,3-4,6-11,13,20H,2,5,12,14H2,(H,27,29). The van der Waals surface area contributed by atoms with Gasteiger partial charge in [0.1, 0.15) is 5.75 Å². The van der Waals surface area contributed by atoms with Gasteiger partial charge >= 0.3 is 0 Å². The summed E-state index contributed by atoms with van der Waals surface area (Å²) in [5, 5.41) is 3.04. The molecular formula is C24H20ClFN2O3. The highest BCUT2D eigenvalue weighted by atomic mass is 35.5. The van der Waals surface area contributed by atoms with Gasteiger partial charge in [0.15, 0.2) is 5.75 Å². The van der Waals surface area contributed by atoms with Gasteiger partial charge in [-0.2, -0.15) is 9.55 Å². The predicted molar refractivity (Wildman–Crippen MR) is 117 cm³/mol. The Morgan fingerprint density at radius 1 is 1.16 bits per heavy atom. The molecule has 2 heterocycles. The minimum Gasteiger partial charge on any atom is -0.454 e. The van der Waals surface area contributed by atoms with Crippen LogP contribution < -0.4 is 10.3 Å². The highest BCUT2D eigenvalue weighted by Crippen LogP contribution is 2.35. The Kier molecular flexibility index (Phi) is 5.26. The molecular weight excluding hydrogens is 419 g/mol. The second kappa shape index (κ2) is 8.21. The van der Waals surface area contributed by atoms with Crippen LogP contribution in [0.4, 0.5) is 4.39 Å². The zero-order valence-corrected chi connectivity index (χ0v) is 17.4. The zero-order valence-electron chi connectivity index (χ0n) is 16.6. The molecule has 1 aliphatic rings. The molecule has 31 heavy (non-hydrogen) atoms. The largest absolute Gasteiger partial charge is 0.454 e. The maximum absolute atomic E-state index is 14.6. The quantitative estimate of drug-likeness (QED) is 0.412. The third kappa shape index (κ3) is 3.96. The molecule has 1 aliphatic heterocycles. The number of H-pyrrole nitrogens is 1. The lowest BCUT2D eigenvalue weighted by molar-refractivity contribution is 0.248. The van der Waals surface area contributed by atoms with E-state index in [0.29, 0.717) is 11.8 Å². The van der Waals surface area contributed by atoms with E-state index in [1.54, 1.807) is 0 Å². The van der Waals surface area contributed by atoms with Crippen molar-refractivity contribution < 1.29 is 13.7 Å². The molecule has 1 N–H and O–H groups in total. The smallest absolute Gasteiger partial charge is 0.287 e. The molecule has 158 valence electrons. The van der Waals surface area contributed by atoms with Crippen molar-refractivity contribution in [3.05, 3.63) is 93.0 Å². The molecule has 0 saturated carbocycles. The Labute approximate surface area is 183 Å². The zero-order chi connectivity index (χ0) is 21.4. The van der Waals surface area contributed by atoms with Gasteiger partial charge in [-0.05, 0) is 66.9 Å². The summed E-state index contributed by atoms with van der Waals surface area (Å²) in [7, 11) is 0. The van der Waals surface area contributed by atoms with Gasteiger partial charge < -0.3 is 9.26 Å². The fourth-order valence-electron chi connectivity index (χ4n) is 4.18. The van der Waals surface area contributed by atoms with Crippen molar-refractivity contribution in [2.45, 2.75) is 25.4 Å². The molecule has 0 bridgehead atoms. The molecule has 0 radical (unpaired) electrons. The fourth-order valence-corrected chi connectivity index (χ4v) is 4.38. The van der Waals surface area contributed by atoms with Gasteiger partial charge in [-0.3, -0.25) is 9.69 Å². The summed E-state index contributed by atoms with van der Waals surface area (Å²) in [6, 6.07) is 18.9. The molecule has 5 rings (SSSR count). The Hall–Kier alpha value is -3.09. The second-order valence-electron chi connectivity index (χ2n) is 7.72. The molecule has 5 nitrogen and oxygen atoms in total.